The molecule has 3 rings (SSSR count). The fourth-order valence-electron chi connectivity index (χ4n) is 3.26. The maximum Gasteiger partial charge on any atom is 0.176 e. The Bertz CT molecular complexity index is 675. The van der Waals surface area contributed by atoms with Gasteiger partial charge >= 0.3 is 0 Å². The van der Waals surface area contributed by atoms with Crippen LogP contribution in [0.4, 0.5) is 5.69 Å². The van der Waals surface area contributed by atoms with E-state index in [0.29, 0.717) is 17.4 Å². The van der Waals surface area contributed by atoms with Crippen molar-refractivity contribution in [2.24, 2.45) is 0 Å². The summed E-state index contributed by atoms with van der Waals surface area (Å²) in [6.45, 7) is 2.71. The fraction of sp³-hybridized carbons (Fsp3) is 0.500. The first-order valence-corrected chi connectivity index (χ1v) is 9.14. The highest BCUT2D eigenvalue weighted by Gasteiger charge is 2.51. The highest BCUT2D eigenvalue weighted by Crippen LogP contribution is 2.38. The third-order valence-electron chi connectivity index (χ3n) is 4.16. The van der Waals surface area contributed by atoms with Gasteiger partial charge in [0.2, 0.25) is 0 Å². The van der Waals surface area contributed by atoms with Gasteiger partial charge < -0.3 is 14.5 Å². The summed E-state index contributed by atoms with van der Waals surface area (Å²) in [6, 6.07) is 7.41. The van der Waals surface area contributed by atoms with Gasteiger partial charge in [-0.1, -0.05) is 12.1 Å². The average molecular weight is 326 g/mol. The summed E-state index contributed by atoms with van der Waals surface area (Å²) in [5, 5.41) is 0.687. The van der Waals surface area contributed by atoms with Crippen LogP contribution in [0.25, 0.3) is 0 Å². The zero-order valence-electron chi connectivity index (χ0n) is 12.0. The number of benzene rings is 1. The molecular weight excluding hydrogens is 308 g/mol. The van der Waals surface area contributed by atoms with E-state index in [1.165, 1.54) is 0 Å². The van der Waals surface area contributed by atoms with Crippen molar-refractivity contribution >= 4 is 32.9 Å². The Morgan fingerprint density at radius 1 is 1.29 bits per heavy atom. The van der Waals surface area contributed by atoms with Crippen LogP contribution in [-0.2, 0) is 9.84 Å². The van der Waals surface area contributed by atoms with Crippen molar-refractivity contribution in [1.29, 1.82) is 0 Å². The summed E-state index contributed by atoms with van der Waals surface area (Å²) in [5.41, 5.74) is 0.841. The van der Waals surface area contributed by atoms with Gasteiger partial charge in [-0.15, -0.1) is 0 Å². The lowest BCUT2D eigenvalue weighted by Crippen LogP contribution is -2.37. The van der Waals surface area contributed by atoms with E-state index in [0.717, 1.165) is 5.69 Å². The molecule has 0 amide bonds. The lowest BCUT2D eigenvalue weighted by molar-refractivity contribution is 0.373. The van der Waals surface area contributed by atoms with Crippen molar-refractivity contribution in [2.45, 2.75) is 19.0 Å². The molecule has 2 atom stereocenters. The molecule has 1 aromatic rings. The van der Waals surface area contributed by atoms with Crippen LogP contribution in [0.2, 0.25) is 0 Å². The minimum absolute atomic E-state index is 0.0580. The minimum atomic E-state index is -3.02. The molecule has 0 spiro atoms. The van der Waals surface area contributed by atoms with Crippen LogP contribution in [0.3, 0.4) is 0 Å². The van der Waals surface area contributed by atoms with Gasteiger partial charge in [-0.2, -0.15) is 0 Å². The first-order chi connectivity index (χ1) is 9.98. The summed E-state index contributed by atoms with van der Waals surface area (Å²) in [6.07, 6.45) is 0. The molecule has 0 saturated carbocycles. The fourth-order valence-corrected chi connectivity index (χ4v) is 5.71. The quantitative estimate of drug-likeness (QED) is 0.780. The van der Waals surface area contributed by atoms with E-state index in [4.69, 9.17) is 17.0 Å². The van der Waals surface area contributed by atoms with Gasteiger partial charge in [-0.25, -0.2) is 8.42 Å². The van der Waals surface area contributed by atoms with Gasteiger partial charge in [0.05, 0.1) is 36.4 Å². The van der Waals surface area contributed by atoms with Crippen molar-refractivity contribution in [3.05, 3.63) is 24.3 Å². The Kier molecular flexibility index (Phi) is 3.57. The van der Waals surface area contributed by atoms with Crippen LogP contribution in [-0.4, -0.2) is 55.7 Å². The first-order valence-electron chi connectivity index (χ1n) is 6.91. The molecule has 0 aliphatic carbocycles. The average Bonchev–Trinajstić information content (AvgIpc) is 2.87. The molecule has 2 aliphatic heterocycles. The Morgan fingerprint density at radius 2 is 1.95 bits per heavy atom. The van der Waals surface area contributed by atoms with Crippen LogP contribution < -0.4 is 9.64 Å². The second-order valence-corrected chi connectivity index (χ2v) is 7.84. The molecule has 0 radical (unpaired) electrons. The number of likely N-dealkylation sites (N-methyl/N-ethyl adjacent to an activating group) is 1. The Morgan fingerprint density at radius 3 is 2.62 bits per heavy atom. The highest BCUT2D eigenvalue weighted by atomic mass is 32.2. The standard InChI is InChI=1S/C14H18N2O3S2/c1-3-15-11-8-21(17,18)9-12(11)16(14(15)20)10-6-4-5-7-13(10)19-2/h4-7,11-12H,3,8-9H2,1-2H3/t11-,12+/m0/s1. The highest BCUT2D eigenvalue weighted by molar-refractivity contribution is 7.91. The van der Waals surface area contributed by atoms with Crippen molar-refractivity contribution in [3.63, 3.8) is 0 Å². The lowest BCUT2D eigenvalue weighted by Gasteiger charge is -2.26. The molecule has 0 N–H and O–H groups in total. The zero-order chi connectivity index (χ0) is 15.2. The Labute approximate surface area is 130 Å². The van der Waals surface area contributed by atoms with Gasteiger partial charge in [-0.05, 0) is 31.3 Å². The smallest absolute Gasteiger partial charge is 0.176 e. The summed E-state index contributed by atoms with van der Waals surface area (Å²) in [7, 11) is -1.41. The van der Waals surface area contributed by atoms with Crippen molar-refractivity contribution in [3.8, 4) is 5.75 Å². The number of thiocarbonyl (C=S) groups is 1. The monoisotopic (exact) mass is 326 g/mol. The number of hydrogen-bond donors (Lipinski definition) is 0. The topological polar surface area (TPSA) is 49.9 Å². The number of sulfone groups is 1. The Hall–Kier alpha value is -1.34. The molecule has 21 heavy (non-hydrogen) atoms. The van der Waals surface area contributed by atoms with Gasteiger partial charge in [-0.3, -0.25) is 0 Å². The predicted molar refractivity (Wildman–Crippen MR) is 86.7 cm³/mol. The van der Waals surface area contributed by atoms with Gasteiger partial charge in [0.15, 0.2) is 14.9 Å². The molecule has 0 bridgehead atoms. The lowest BCUT2D eigenvalue weighted by atomic mass is 10.1. The Balaban J connectivity index is 2.07. The van der Waals surface area contributed by atoms with E-state index in [1.54, 1.807) is 7.11 Å². The number of fused-ring (bicyclic) bond motifs is 1. The van der Waals surface area contributed by atoms with Crippen LogP contribution in [0.15, 0.2) is 24.3 Å². The summed E-state index contributed by atoms with van der Waals surface area (Å²) in [4.78, 5) is 3.96. The minimum Gasteiger partial charge on any atom is -0.495 e. The van der Waals surface area contributed by atoms with E-state index in [-0.39, 0.29) is 23.6 Å². The van der Waals surface area contributed by atoms with Crippen LogP contribution in [0, 0.1) is 0 Å². The largest absolute Gasteiger partial charge is 0.495 e. The summed E-state index contributed by atoms with van der Waals surface area (Å²) < 4.78 is 29.4. The number of rotatable bonds is 3. The number of nitrogens with zero attached hydrogens (tertiary/aromatic N) is 2. The SMILES string of the molecule is CCN1C(=S)N(c2ccccc2OC)[C@@H]2CS(=O)(=O)C[C@@H]21. The molecule has 5 nitrogen and oxygen atoms in total. The zero-order valence-corrected chi connectivity index (χ0v) is 13.7. The van der Waals surface area contributed by atoms with Gasteiger partial charge in [0.1, 0.15) is 5.75 Å². The van der Waals surface area contributed by atoms with Crippen molar-refractivity contribution < 1.29 is 13.2 Å². The number of methoxy groups -OCH3 is 1. The third-order valence-corrected chi connectivity index (χ3v) is 6.29. The molecule has 2 heterocycles. The second kappa shape index (κ2) is 5.14. The van der Waals surface area contributed by atoms with Crippen LogP contribution >= 0.6 is 12.2 Å². The summed E-state index contributed by atoms with van der Waals surface area (Å²) in [5.74, 6) is 1.03. The number of ether oxygens (including phenoxy) is 1. The van der Waals surface area contributed by atoms with E-state index in [1.807, 2.05) is 41.0 Å². The van der Waals surface area contributed by atoms with E-state index < -0.39 is 9.84 Å². The molecule has 2 saturated heterocycles. The molecule has 2 aliphatic rings. The molecule has 114 valence electrons. The van der Waals surface area contributed by atoms with Crippen LogP contribution in [0.5, 0.6) is 5.75 Å². The first kappa shape index (κ1) is 14.6. The maximum absolute atomic E-state index is 12.0. The maximum atomic E-state index is 12.0. The number of para-hydroxylation sites is 2. The van der Waals surface area contributed by atoms with Crippen molar-refractivity contribution in [1.82, 2.24) is 4.90 Å². The molecule has 2 fully saturated rings. The predicted octanol–water partition coefficient (Wildman–Crippen LogP) is 1.29. The van der Waals surface area contributed by atoms with Crippen LogP contribution in [0.1, 0.15) is 6.92 Å². The molecular formula is C14H18N2O3S2. The molecule has 1 aromatic carbocycles. The second-order valence-electron chi connectivity index (χ2n) is 5.32. The molecule has 7 heteroatoms. The number of anilines is 1. The molecule has 0 unspecified atom stereocenters. The number of hydrogen-bond acceptors (Lipinski definition) is 4. The normalized spacial score (nSPS) is 27.0. The third kappa shape index (κ3) is 2.28. The van der Waals surface area contributed by atoms with E-state index in [9.17, 15) is 8.42 Å². The van der Waals surface area contributed by atoms with Gasteiger partial charge in [0, 0.05) is 6.54 Å². The summed E-state index contributed by atoms with van der Waals surface area (Å²) >= 11 is 5.58. The van der Waals surface area contributed by atoms with Crippen molar-refractivity contribution in [2.75, 3.05) is 30.1 Å². The molecule has 0 aromatic heterocycles. The van der Waals surface area contributed by atoms with E-state index >= 15 is 0 Å². The van der Waals surface area contributed by atoms with Gasteiger partial charge in [0.25, 0.3) is 0 Å². The van der Waals surface area contributed by atoms with E-state index in [2.05, 4.69) is 0 Å².